The highest BCUT2D eigenvalue weighted by Gasteiger charge is 2.51. The van der Waals surface area contributed by atoms with Crippen molar-refractivity contribution in [2.75, 3.05) is 57.6 Å². The third-order valence-corrected chi connectivity index (χ3v) is 8.25. The van der Waals surface area contributed by atoms with E-state index in [0.717, 1.165) is 17.8 Å². The fourth-order valence-corrected chi connectivity index (χ4v) is 7.14. The molecule has 0 spiro atoms. The van der Waals surface area contributed by atoms with E-state index in [1.54, 1.807) is 9.80 Å². The van der Waals surface area contributed by atoms with Crippen molar-refractivity contribution in [1.82, 2.24) is 15.1 Å². The van der Waals surface area contributed by atoms with Crippen molar-refractivity contribution in [3.05, 3.63) is 0 Å². The standard InChI is InChI=1S/C22H35N3O4S.BrH/c1-30(2)14-19(26)23-13-20(27)24-3-5-25(6-4-24)21(28)29-15-22-10-16-7-17(11-22)9-18(8-16)12-22;/h16-18H,3-15H2,1-2H3;1H. The molecule has 1 aliphatic heterocycles. The first-order chi connectivity index (χ1) is 14.3. The van der Waals surface area contributed by atoms with Crippen molar-refractivity contribution in [2.24, 2.45) is 23.2 Å². The van der Waals surface area contributed by atoms with Gasteiger partial charge in [0.2, 0.25) is 5.91 Å². The second-order valence-electron chi connectivity index (χ2n) is 10.2. The van der Waals surface area contributed by atoms with Crippen LogP contribution in [-0.4, -0.2) is 85.3 Å². The molecule has 4 saturated carbocycles. The van der Waals surface area contributed by atoms with Crippen molar-refractivity contribution in [3.8, 4) is 0 Å². The van der Waals surface area contributed by atoms with Gasteiger partial charge in [0.15, 0.2) is 5.75 Å². The molecular formula is C22H36BrN3O4S. The Hall–Kier alpha value is -0.960. The van der Waals surface area contributed by atoms with Gasteiger partial charge >= 0.3 is 6.09 Å². The first-order valence-electron chi connectivity index (χ1n) is 11.3. The zero-order valence-electron chi connectivity index (χ0n) is 18.7. The molecule has 1 heterocycles. The zero-order chi connectivity index (χ0) is 21.3. The number of ether oxygens (including phenoxy) is 1. The van der Waals surface area contributed by atoms with Gasteiger partial charge in [-0.25, -0.2) is 4.79 Å². The molecule has 4 aliphatic carbocycles. The lowest BCUT2D eigenvalue weighted by atomic mass is 9.50. The third-order valence-electron chi connectivity index (χ3n) is 7.41. The number of halogens is 1. The lowest BCUT2D eigenvalue weighted by molar-refractivity contribution is -0.133. The first kappa shape index (κ1) is 24.7. The molecule has 5 rings (SSSR count). The summed E-state index contributed by atoms with van der Waals surface area (Å²) in [6.45, 7) is 2.57. The highest BCUT2D eigenvalue weighted by molar-refractivity contribution is 7.96. The van der Waals surface area contributed by atoms with Gasteiger partial charge in [-0.15, -0.1) is 0 Å². The van der Waals surface area contributed by atoms with Crippen LogP contribution in [0, 0.1) is 23.2 Å². The predicted molar refractivity (Wildman–Crippen MR) is 117 cm³/mol. The van der Waals surface area contributed by atoms with Gasteiger partial charge in [-0.1, -0.05) is 0 Å². The largest absolute Gasteiger partial charge is 1.00 e. The molecule has 0 aromatic carbocycles. The second-order valence-corrected chi connectivity index (χ2v) is 12.5. The zero-order valence-corrected chi connectivity index (χ0v) is 21.1. The Morgan fingerprint density at radius 3 is 1.97 bits per heavy atom. The number of piperazine rings is 1. The van der Waals surface area contributed by atoms with E-state index in [0.29, 0.717) is 38.5 Å². The fraction of sp³-hybridized carbons (Fsp3) is 0.864. The van der Waals surface area contributed by atoms with Crippen molar-refractivity contribution in [3.63, 3.8) is 0 Å². The minimum atomic E-state index is -0.232. The summed E-state index contributed by atoms with van der Waals surface area (Å²) in [5, 5.41) is 2.70. The summed E-state index contributed by atoms with van der Waals surface area (Å²) in [7, 11) is 0.0237. The molecule has 0 aromatic rings. The molecule has 5 aliphatic rings. The average molecular weight is 519 g/mol. The Kier molecular flexibility index (Phi) is 8.21. The third kappa shape index (κ3) is 6.09. The van der Waals surface area contributed by atoms with E-state index in [4.69, 9.17) is 4.74 Å². The van der Waals surface area contributed by atoms with Crippen LogP contribution in [0.1, 0.15) is 38.5 Å². The summed E-state index contributed by atoms with van der Waals surface area (Å²) < 4.78 is 5.81. The van der Waals surface area contributed by atoms with Crippen molar-refractivity contribution in [2.45, 2.75) is 38.5 Å². The molecule has 0 radical (unpaired) electrons. The lowest BCUT2D eigenvalue weighted by Gasteiger charge is -2.56. The summed E-state index contributed by atoms with van der Waals surface area (Å²) >= 11 is 0. The number of hydrogen-bond donors (Lipinski definition) is 1. The lowest BCUT2D eigenvalue weighted by Crippen LogP contribution is -3.00. The number of carbonyl (C=O) groups excluding carboxylic acids is 3. The molecule has 0 aromatic heterocycles. The molecule has 176 valence electrons. The Balaban J connectivity index is 0.00000272. The van der Waals surface area contributed by atoms with Gasteiger partial charge in [-0.05, 0) is 67.2 Å². The van der Waals surface area contributed by atoms with Crippen LogP contribution in [0.4, 0.5) is 4.79 Å². The van der Waals surface area contributed by atoms with E-state index < -0.39 is 0 Å². The summed E-state index contributed by atoms with van der Waals surface area (Å²) in [4.78, 5) is 40.1. The number of carbonyl (C=O) groups is 3. The number of amides is 3. The van der Waals surface area contributed by atoms with Gasteiger partial charge in [-0.2, -0.15) is 0 Å². The van der Waals surface area contributed by atoms with Crippen molar-refractivity contribution in [1.29, 1.82) is 0 Å². The number of hydrogen-bond acceptors (Lipinski definition) is 4. The van der Waals surface area contributed by atoms with Crippen LogP contribution < -0.4 is 22.3 Å². The molecule has 3 amide bonds. The van der Waals surface area contributed by atoms with Gasteiger partial charge in [-0.3, -0.25) is 9.59 Å². The van der Waals surface area contributed by atoms with Crippen LogP contribution in [-0.2, 0) is 25.2 Å². The minimum absolute atomic E-state index is 0. The molecule has 5 fully saturated rings. The Bertz CT molecular complexity index is 646. The molecule has 31 heavy (non-hydrogen) atoms. The van der Waals surface area contributed by atoms with Crippen molar-refractivity contribution >= 4 is 28.8 Å². The van der Waals surface area contributed by atoms with Gasteiger partial charge in [0.1, 0.15) is 0 Å². The molecule has 7 nitrogen and oxygen atoms in total. The summed E-state index contributed by atoms with van der Waals surface area (Å²) in [6, 6.07) is 0. The second kappa shape index (κ2) is 10.3. The van der Waals surface area contributed by atoms with Gasteiger partial charge in [0, 0.05) is 31.6 Å². The topological polar surface area (TPSA) is 79.0 Å². The van der Waals surface area contributed by atoms with Gasteiger partial charge < -0.3 is 36.8 Å². The van der Waals surface area contributed by atoms with Crippen LogP contribution in [0.3, 0.4) is 0 Å². The summed E-state index contributed by atoms with van der Waals surface area (Å²) in [6.07, 6.45) is 11.6. The van der Waals surface area contributed by atoms with Crippen LogP contribution in [0.15, 0.2) is 0 Å². The van der Waals surface area contributed by atoms with Gasteiger partial charge in [0.05, 0.1) is 25.7 Å². The maximum absolute atomic E-state index is 12.6. The smallest absolute Gasteiger partial charge is 0.409 e. The first-order valence-corrected chi connectivity index (χ1v) is 13.5. The summed E-state index contributed by atoms with van der Waals surface area (Å²) in [5.74, 6) is 2.85. The number of nitrogens with one attached hydrogen (secondary N) is 1. The van der Waals surface area contributed by atoms with Crippen LogP contribution in [0.25, 0.3) is 0 Å². The van der Waals surface area contributed by atoms with Gasteiger partial charge in [0.25, 0.3) is 5.91 Å². The number of nitrogens with zero attached hydrogens (tertiary/aromatic N) is 2. The molecule has 0 unspecified atom stereocenters. The van der Waals surface area contributed by atoms with Crippen molar-refractivity contribution < 1.29 is 36.1 Å². The highest BCUT2D eigenvalue weighted by Crippen LogP contribution is 2.60. The van der Waals surface area contributed by atoms with E-state index >= 15 is 0 Å². The molecule has 1 N–H and O–H groups in total. The maximum Gasteiger partial charge on any atom is 0.409 e. The molecule has 4 bridgehead atoms. The monoisotopic (exact) mass is 517 g/mol. The Morgan fingerprint density at radius 1 is 0.935 bits per heavy atom. The van der Waals surface area contributed by atoms with Crippen LogP contribution in [0.2, 0.25) is 0 Å². The summed E-state index contributed by atoms with van der Waals surface area (Å²) in [5.41, 5.74) is 0.233. The quantitative estimate of drug-likeness (QED) is 0.434. The normalized spacial score (nSPS) is 31.4. The van der Waals surface area contributed by atoms with Crippen LogP contribution >= 0.6 is 0 Å². The molecular weight excluding hydrogens is 482 g/mol. The predicted octanol–water partition coefficient (Wildman–Crippen LogP) is -1.52. The average Bonchev–Trinajstić information content (AvgIpc) is 2.69. The van der Waals surface area contributed by atoms with Crippen LogP contribution in [0.5, 0.6) is 0 Å². The minimum Gasteiger partial charge on any atom is -1.00 e. The van der Waals surface area contributed by atoms with E-state index in [2.05, 4.69) is 5.32 Å². The molecule has 0 atom stereocenters. The molecule has 9 heteroatoms. The van der Waals surface area contributed by atoms with E-state index in [9.17, 15) is 14.4 Å². The molecule has 1 saturated heterocycles. The fourth-order valence-electron chi connectivity index (χ4n) is 6.51. The Morgan fingerprint density at radius 2 is 1.45 bits per heavy atom. The maximum atomic E-state index is 12.6. The van der Waals surface area contributed by atoms with E-state index in [-0.39, 0.29) is 57.7 Å². The number of rotatable bonds is 6. The Labute approximate surface area is 199 Å². The highest BCUT2D eigenvalue weighted by atomic mass is 79.9. The SMILES string of the molecule is C[S+](C)CC(=O)NCC(=O)N1CCN(C(=O)OCC23CC4CC(CC(C4)C2)C3)CC1.[Br-]. The van der Waals surface area contributed by atoms with E-state index in [1.807, 2.05) is 12.5 Å². The van der Waals surface area contributed by atoms with E-state index in [1.165, 1.54) is 38.5 Å².